The number of fused-ring (bicyclic) bond motifs is 1. The highest BCUT2D eigenvalue weighted by Crippen LogP contribution is 2.15. The first-order chi connectivity index (χ1) is 16.9. The van der Waals surface area contributed by atoms with Gasteiger partial charge in [0, 0.05) is 26.2 Å². The average Bonchev–Trinajstić information content (AvgIpc) is 3.46. The Morgan fingerprint density at radius 1 is 1.06 bits per heavy atom. The van der Waals surface area contributed by atoms with E-state index in [1.54, 1.807) is 58.7 Å². The van der Waals surface area contributed by atoms with Crippen LogP contribution in [0.15, 0.2) is 50.5 Å². The lowest BCUT2D eigenvalue weighted by atomic mass is 10.2. The minimum Gasteiger partial charge on any atom is -0.454 e. The second-order valence-electron chi connectivity index (χ2n) is 8.09. The van der Waals surface area contributed by atoms with Gasteiger partial charge in [0.05, 0.1) is 5.56 Å². The molecule has 4 aromatic rings. The van der Waals surface area contributed by atoms with E-state index < -0.39 is 5.97 Å². The predicted octanol–water partition coefficient (Wildman–Crippen LogP) is 3.23. The van der Waals surface area contributed by atoms with Crippen molar-refractivity contribution in [1.82, 2.24) is 23.8 Å². The molecule has 4 rings (SSSR count). The topological polar surface area (TPSA) is 114 Å². The van der Waals surface area contributed by atoms with Gasteiger partial charge in [-0.2, -0.15) is 0 Å². The summed E-state index contributed by atoms with van der Waals surface area (Å²) in [5.74, 6) is 0.430. The van der Waals surface area contributed by atoms with Crippen LogP contribution in [-0.2, 0) is 31.5 Å². The molecule has 1 aromatic carbocycles. The molecule has 0 N–H and O–H groups in total. The lowest BCUT2D eigenvalue weighted by Crippen LogP contribution is -2.40. The second kappa shape index (κ2) is 10.4. The predicted molar refractivity (Wildman–Crippen MR) is 131 cm³/mol. The number of hydrogen-bond donors (Lipinski definition) is 0. The Bertz CT molecular complexity index is 1490. The highest BCUT2D eigenvalue weighted by molar-refractivity contribution is 5.89. The summed E-state index contributed by atoms with van der Waals surface area (Å²) in [6.45, 7) is 4.65. The van der Waals surface area contributed by atoms with Gasteiger partial charge in [-0.05, 0) is 37.1 Å². The molecule has 0 unspecified atom stereocenters. The van der Waals surface area contributed by atoms with Crippen molar-refractivity contribution in [3.8, 4) is 0 Å². The fraction of sp³-hybridized carbons (Fsp3) is 0.320. The molecule has 35 heavy (non-hydrogen) atoms. The Morgan fingerprint density at radius 3 is 2.49 bits per heavy atom. The van der Waals surface area contributed by atoms with Crippen molar-refractivity contribution in [2.45, 2.75) is 46.4 Å². The van der Waals surface area contributed by atoms with E-state index in [2.05, 4.69) is 10.1 Å². The summed E-state index contributed by atoms with van der Waals surface area (Å²) in [4.78, 5) is 42.6. The van der Waals surface area contributed by atoms with Gasteiger partial charge in [-0.3, -0.25) is 13.9 Å². The van der Waals surface area contributed by atoms with Crippen LogP contribution in [0, 0.1) is 0 Å². The molecule has 0 aliphatic rings. The maximum absolute atomic E-state index is 13.0. The number of aryl methyl sites for hydroxylation is 2. The van der Waals surface area contributed by atoms with Crippen LogP contribution in [0.25, 0.3) is 23.3 Å². The first-order valence-corrected chi connectivity index (χ1v) is 11.5. The van der Waals surface area contributed by atoms with Crippen molar-refractivity contribution in [3.05, 3.63) is 80.1 Å². The monoisotopic (exact) mass is 477 g/mol. The molecule has 10 heteroatoms. The average molecular weight is 478 g/mol. The van der Waals surface area contributed by atoms with E-state index >= 15 is 0 Å². The summed E-state index contributed by atoms with van der Waals surface area (Å²) in [6.07, 6.45) is 4.78. The molecule has 0 atom stereocenters. The van der Waals surface area contributed by atoms with Crippen LogP contribution < -0.4 is 11.2 Å². The maximum atomic E-state index is 13.0. The molecule has 0 bridgehead atoms. The zero-order chi connectivity index (χ0) is 24.9. The van der Waals surface area contributed by atoms with Crippen LogP contribution in [0.4, 0.5) is 0 Å². The molecule has 3 aromatic heterocycles. The van der Waals surface area contributed by atoms with Gasteiger partial charge in [-0.1, -0.05) is 37.2 Å². The van der Waals surface area contributed by atoms with Gasteiger partial charge in [-0.15, -0.1) is 0 Å². The van der Waals surface area contributed by atoms with Gasteiger partial charge in [-0.25, -0.2) is 14.6 Å². The Morgan fingerprint density at radius 2 is 1.77 bits per heavy atom. The number of esters is 1. The number of rotatable bonds is 9. The van der Waals surface area contributed by atoms with Gasteiger partial charge in [0.15, 0.2) is 23.5 Å². The first kappa shape index (κ1) is 23.9. The lowest BCUT2D eigenvalue weighted by molar-refractivity contribution is 0.0437. The summed E-state index contributed by atoms with van der Waals surface area (Å²) in [6, 6.07) is 10.3. The summed E-state index contributed by atoms with van der Waals surface area (Å²) in [5, 5.41) is 3.97. The minimum atomic E-state index is -0.453. The molecule has 0 aliphatic heterocycles. The van der Waals surface area contributed by atoms with Crippen LogP contribution in [0.1, 0.15) is 54.3 Å². The number of ether oxygens (including phenoxy) is 1. The van der Waals surface area contributed by atoms with Crippen LogP contribution in [0.5, 0.6) is 0 Å². The number of carbonyl (C=O) groups is 1. The Balaban J connectivity index is 1.58. The smallest absolute Gasteiger partial charge is 0.338 e. The molecular formula is C25H27N5O5. The third-order valence-electron chi connectivity index (χ3n) is 5.51. The van der Waals surface area contributed by atoms with Crippen LogP contribution in [0.2, 0.25) is 0 Å². The van der Waals surface area contributed by atoms with Crippen LogP contribution in [0.3, 0.4) is 0 Å². The van der Waals surface area contributed by atoms with Gasteiger partial charge < -0.3 is 13.8 Å². The van der Waals surface area contributed by atoms with E-state index in [-0.39, 0.29) is 17.9 Å². The fourth-order valence-corrected chi connectivity index (χ4v) is 3.80. The van der Waals surface area contributed by atoms with E-state index in [0.29, 0.717) is 53.5 Å². The third kappa shape index (κ3) is 4.86. The van der Waals surface area contributed by atoms with Crippen molar-refractivity contribution in [1.29, 1.82) is 0 Å². The summed E-state index contributed by atoms with van der Waals surface area (Å²) >= 11 is 0. The molecule has 0 radical (unpaired) electrons. The Labute approximate surface area is 201 Å². The molecule has 0 amide bonds. The fourth-order valence-electron chi connectivity index (χ4n) is 3.80. The van der Waals surface area contributed by atoms with Crippen molar-refractivity contribution in [2.24, 2.45) is 7.05 Å². The molecule has 0 fully saturated rings. The second-order valence-corrected chi connectivity index (χ2v) is 8.09. The van der Waals surface area contributed by atoms with E-state index in [1.165, 1.54) is 4.57 Å². The van der Waals surface area contributed by atoms with Crippen LogP contribution >= 0.6 is 0 Å². The van der Waals surface area contributed by atoms with Crippen LogP contribution in [-0.4, -0.2) is 29.8 Å². The normalized spacial score (nSPS) is 11.5. The van der Waals surface area contributed by atoms with Gasteiger partial charge in [0.2, 0.25) is 0 Å². The van der Waals surface area contributed by atoms with Gasteiger partial charge >= 0.3 is 11.7 Å². The van der Waals surface area contributed by atoms with E-state index in [9.17, 15) is 14.4 Å². The van der Waals surface area contributed by atoms with E-state index in [0.717, 1.165) is 6.42 Å². The highest BCUT2D eigenvalue weighted by Gasteiger charge is 2.18. The van der Waals surface area contributed by atoms with Crippen molar-refractivity contribution in [2.75, 3.05) is 0 Å². The maximum Gasteiger partial charge on any atom is 0.338 e. The third-order valence-corrected chi connectivity index (χ3v) is 5.51. The van der Waals surface area contributed by atoms with Crippen molar-refractivity contribution < 1.29 is 14.1 Å². The Kier molecular flexibility index (Phi) is 7.09. The number of aromatic nitrogens is 5. The molecule has 3 heterocycles. The summed E-state index contributed by atoms with van der Waals surface area (Å²) < 4.78 is 15.0. The standard InChI is InChI=1S/C25H27N5O5/c1-4-13-29-22-21(23(31)30(14-5-2)25(29)33)28(3)20(26-22)12-11-18-15-19(35-27-18)16-34-24(32)17-9-7-6-8-10-17/h6-12,15H,4-5,13-14,16H2,1-3H3/b12-11+. The quantitative estimate of drug-likeness (QED) is 0.340. The molecule has 0 aliphatic carbocycles. The molecule has 182 valence electrons. The van der Waals surface area contributed by atoms with Gasteiger partial charge in [0.1, 0.15) is 11.5 Å². The van der Waals surface area contributed by atoms with E-state index in [1.807, 2.05) is 19.9 Å². The lowest BCUT2D eigenvalue weighted by Gasteiger charge is -2.10. The minimum absolute atomic E-state index is 0.0544. The Hall–Kier alpha value is -4.21. The molecule has 0 saturated carbocycles. The largest absolute Gasteiger partial charge is 0.454 e. The molecular weight excluding hydrogens is 450 g/mol. The van der Waals surface area contributed by atoms with E-state index in [4.69, 9.17) is 9.26 Å². The molecule has 10 nitrogen and oxygen atoms in total. The number of imidazole rings is 1. The summed E-state index contributed by atoms with van der Waals surface area (Å²) in [7, 11) is 1.74. The highest BCUT2D eigenvalue weighted by atomic mass is 16.5. The number of carbonyl (C=O) groups excluding carboxylic acids is 1. The number of nitrogens with zero attached hydrogens (tertiary/aromatic N) is 5. The number of hydrogen-bond acceptors (Lipinski definition) is 7. The van der Waals surface area contributed by atoms with Crippen molar-refractivity contribution in [3.63, 3.8) is 0 Å². The van der Waals surface area contributed by atoms with Crippen molar-refractivity contribution >= 4 is 29.3 Å². The number of benzene rings is 1. The van der Waals surface area contributed by atoms with Gasteiger partial charge in [0.25, 0.3) is 5.56 Å². The first-order valence-electron chi connectivity index (χ1n) is 11.5. The zero-order valence-electron chi connectivity index (χ0n) is 19.9. The molecule has 0 saturated heterocycles. The molecule has 0 spiro atoms. The zero-order valence-corrected chi connectivity index (χ0v) is 19.9. The SMILES string of the molecule is CCCn1c(=O)c2c(nc(/C=C/c3cc(COC(=O)c4ccccc4)on3)n2C)n(CCC)c1=O. The summed E-state index contributed by atoms with van der Waals surface area (Å²) in [5.41, 5.74) is 0.999.